The lowest BCUT2D eigenvalue weighted by molar-refractivity contribution is 0.0697. The highest BCUT2D eigenvalue weighted by Gasteiger charge is 2.12. The molecule has 0 atom stereocenters. The van der Waals surface area contributed by atoms with Gasteiger partial charge in [-0.2, -0.15) is 0 Å². The number of carbonyl (C=O) groups excluding carboxylic acids is 1. The van der Waals surface area contributed by atoms with E-state index in [4.69, 9.17) is 5.11 Å². The number of rotatable bonds is 6. The van der Waals surface area contributed by atoms with Crippen molar-refractivity contribution in [3.63, 3.8) is 0 Å². The van der Waals surface area contributed by atoms with Crippen LogP contribution in [0.2, 0.25) is 0 Å². The summed E-state index contributed by atoms with van der Waals surface area (Å²) in [4.78, 5) is 22.9. The number of hydrogen-bond donors (Lipinski definition) is 3. The van der Waals surface area contributed by atoms with Crippen molar-refractivity contribution in [2.75, 3.05) is 13.1 Å². The van der Waals surface area contributed by atoms with E-state index in [1.807, 2.05) is 0 Å². The molecule has 1 aromatic carbocycles. The van der Waals surface area contributed by atoms with Crippen LogP contribution in [-0.2, 0) is 0 Å². The first-order valence-electron chi connectivity index (χ1n) is 8.02. The lowest BCUT2D eigenvalue weighted by atomic mass is 10.1. The fraction of sp³-hybridized carbons (Fsp3) is 0.529. The fourth-order valence-electron chi connectivity index (χ4n) is 2.83. The van der Waals surface area contributed by atoms with Crippen LogP contribution in [-0.4, -0.2) is 36.1 Å². The van der Waals surface area contributed by atoms with E-state index in [0.29, 0.717) is 18.2 Å². The molecule has 0 radical (unpaired) electrons. The molecular weight excluding hydrogens is 280 g/mol. The van der Waals surface area contributed by atoms with E-state index in [1.54, 1.807) is 12.1 Å². The maximum Gasteiger partial charge on any atom is 0.335 e. The lowest BCUT2D eigenvalue weighted by Crippen LogP contribution is -2.36. The van der Waals surface area contributed by atoms with Crippen molar-refractivity contribution in [2.24, 2.45) is 0 Å². The third-order valence-electron chi connectivity index (χ3n) is 4.07. The van der Waals surface area contributed by atoms with Gasteiger partial charge < -0.3 is 15.7 Å². The molecule has 1 fully saturated rings. The van der Waals surface area contributed by atoms with Gasteiger partial charge in [-0.1, -0.05) is 31.7 Å². The van der Waals surface area contributed by atoms with Gasteiger partial charge in [0.05, 0.1) is 5.56 Å². The molecule has 120 valence electrons. The Hall–Kier alpha value is -1.88. The zero-order chi connectivity index (χ0) is 15.8. The molecule has 1 aliphatic carbocycles. The van der Waals surface area contributed by atoms with Gasteiger partial charge in [-0.05, 0) is 31.0 Å². The van der Waals surface area contributed by atoms with Crippen molar-refractivity contribution < 1.29 is 14.7 Å². The molecule has 0 bridgehead atoms. The lowest BCUT2D eigenvalue weighted by Gasteiger charge is -2.16. The number of carboxylic acids is 1. The van der Waals surface area contributed by atoms with Gasteiger partial charge >= 0.3 is 5.97 Å². The average molecular weight is 304 g/mol. The number of nitrogens with one attached hydrogen (secondary N) is 2. The second kappa shape index (κ2) is 8.54. The van der Waals surface area contributed by atoms with Crippen LogP contribution in [0.15, 0.2) is 24.3 Å². The van der Waals surface area contributed by atoms with Crippen LogP contribution >= 0.6 is 0 Å². The molecule has 0 saturated heterocycles. The molecule has 0 heterocycles. The highest BCUT2D eigenvalue weighted by Crippen LogP contribution is 2.16. The Labute approximate surface area is 131 Å². The molecule has 5 heteroatoms. The van der Waals surface area contributed by atoms with Crippen LogP contribution in [0.4, 0.5) is 0 Å². The zero-order valence-electron chi connectivity index (χ0n) is 12.8. The van der Waals surface area contributed by atoms with Crippen LogP contribution in [0, 0.1) is 0 Å². The van der Waals surface area contributed by atoms with Crippen molar-refractivity contribution in [1.29, 1.82) is 0 Å². The highest BCUT2D eigenvalue weighted by molar-refractivity contribution is 5.97. The SMILES string of the molecule is O=C(O)c1cccc(C(=O)NCCNC2CCCCCC2)c1. The van der Waals surface area contributed by atoms with E-state index in [1.165, 1.54) is 50.7 Å². The van der Waals surface area contributed by atoms with E-state index >= 15 is 0 Å². The summed E-state index contributed by atoms with van der Waals surface area (Å²) in [5, 5.41) is 15.2. The standard InChI is InChI=1S/C17H24N2O3/c20-16(13-6-5-7-14(12-13)17(21)22)19-11-10-18-15-8-3-1-2-4-9-15/h5-7,12,15,18H,1-4,8-11H2,(H,19,20)(H,21,22). The first-order chi connectivity index (χ1) is 10.7. The molecule has 0 spiro atoms. The first-order valence-corrected chi connectivity index (χ1v) is 8.02. The molecular formula is C17H24N2O3. The largest absolute Gasteiger partial charge is 0.478 e. The average Bonchev–Trinajstić information content (AvgIpc) is 2.80. The van der Waals surface area contributed by atoms with Crippen LogP contribution < -0.4 is 10.6 Å². The summed E-state index contributed by atoms with van der Waals surface area (Å²) >= 11 is 0. The maximum atomic E-state index is 12.0. The summed E-state index contributed by atoms with van der Waals surface area (Å²) in [7, 11) is 0. The number of hydrogen-bond acceptors (Lipinski definition) is 3. The Balaban J connectivity index is 1.73. The third-order valence-corrected chi connectivity index (χ3v) is 4.07. The van der Waals surface area contributed by atoms with E-state index in [9.17, 15) is 9.59 Å². The van der Waals surface area contributed by atoms with Crippen molar-refractivity contribution in [2.45, 2.75) is 44.6 Å². The van der Waals surface area contributed by atoms with E-state index in [-0.39, 0.29) is 11.5 Å². The molecule has 5 nitrogen and oxygen atoms in total. The van der Waals surface area contributed by atoms with Crippen molar-refractivity contribution in [3.8, 4) is 0 Å². The predicted octanol–water partition coefficient (Wildman–Crippen LogP) is 2.43. The topological polar surface area (TPSA) is 78.4 Å². The molecule has 1 aliphatic rings. The van der Waals surface area contributed by atoms with Gasteiger partial charge in [-0.15, -0.1) is 0 Å². The van der Waals surface area contributed by atoms with Gasteiger partial charge in [-0.25, -0.2) is 4.79 Å². The number of carbonyl (C=O) groups is 2. The smallest absolute Gasteiger partial charge is 0.335 e. The number of amides is 1. The minimum absolute atomic E-state index is 0.129. The Kier molecular flexibility index (Phi) is 6.40. The summed E-state index contributed by atoms with van der Waals surface area (Å²) in [6.07, 6.45) is 7.66. The summed E-state index contributed by atoms with van der Waals surface area (Å²) in [5.74, 6) is -1.25. The molecule has 0 aromatic heterocycles. The molecule has 1 amide bonds. The normalized spacial score (nSPS) is 16.0. The van der Waals surface area contributed by atoms with Gasteiger partial charge in [0, 0.05) is 24.7 Å². The number of carboxylic acid groups (broad SMARTS) is 1. The van der Waals surface area contributed by atoms with E-state index in [0.717, 1.165) is 6.54 Å². The Morgan fingerprint density at radius 1 is 1.05 bits per heavy atom. The molecule has 2 rings (SSSR count). The van der Waals surface area contributed by atoms with Gasteiger partial charge in [0.25, 0.3) is 5.91 Å². The monoisotopic (exact) mass is 304 g/mol. The van der Waals surface area contributed by atoms with E-state index in [2.05, 4.69) is 10.6 Å². The van der Waals surface area contributed by atoms with Crippen molar-refractivity contribution in [3.05, 3.63) is 35.4 Å². The van der Waals surface area contributed by atoms with Crippen LogP contribution in [0.5, 0.6) is 0 Å². The second-order valence-corrected chi connectivity index (χ2v) is 5.78. The molecule has 1 saturated carbocycles. The molecule has 0 unspecified atom stereocenters. The summed E-state index contributed by atoms with van der Waals surface area (Å²) in [6.45, 7) is 1.29. The Morgan fingerprint density at radius 2 is 1.73 bits per heavy atom. The van der Waals surface area contributed by atoms with E-state index < -0.39 is 5.97 Å². The number of benzene rings is 1. The zero-order valence-corrected chi connectivity index (χ0v) is 12.8. The highest BCUT2D eigenvalue weighted by atomic mass is 16.4. The van der Waals surface area contributed by atoms with Crippen molar-refractivity contribution >= 4 is 11.9 Å². The first kappa shape index (κ1) is 16.5. The van der Waals surface area contributed by atoms with Crippen molar-refractivity contribution in [1.82, 2.24) is 10.6 Å². The second-order valence-electron chi connectivity index (χ2n) is 5.78. The maximum absolute atomic E-state index is 12.0. The number of aromatic carboxylic acids is 1. The molecule has 22 heavy (non-hydrogen) atoms. The summed E-state index contributed by atoms with van der Waals surface area (Å²) in [5.41, 5.74) is 0.513. The Morgan fingerprint density at radius 3 is 2.41 bits per heavy atom. The molecule has 0 aliphatic heterocycles. The van der Waals surface area contributed by atoms with Crippen LogP contribution in [0.1, 0.15) is 59.2 Å². The predicted molar refractivity (Wildman–Crippen MR) is 85.2 cm³/mol. The molecule has 1 aromatic rings. The van der Waals surface area contributed by atoms with Gasteiger partial charge in [-0.3, -0.25) is 4.79 Å². The van der Waals surface area contributed by atoms with Crippen LogP contribution in [0.25, 0.3) is 0 Å². The van der Waals surface area contributed by atoms with Gasteiger partial charge in [0.15, 0.2) is 0 Å². The molecule has 3 N–H and O–H groups in total. The minimum atomic E-state index is -1.02. The van der Waals surface area contributed by atoms with Gasteiger partial charge in [0.1, 0.15) is 0 Å². The van der Waals surface area contributed by atoms with Gasteiger partial charge in [0.2, 0.25) is 0 Å². The summed E-state index contributed by atoms with van der Waals surface area (Å²) < 4.78 is 0. The quantitative estimate of drug-likeness (QED) is 0.557. The van der Waals surface area contributed by atoms with Crippen LogP contribution in [0.3, 0.4) is 0 Å². The fourth-order valence-corrected chi connectivity index (χ4v) is 2.83. The Bertz CT molecular complexity index is 508. The minimum Gasteiger partial charge on any atom is -0.478 e. The summed E-state index contributed by atoms with van der Waals surface area (Å²) in [6, 6.07) is 6.65. The third kappa shape index (κ3) is 5.15.